The molecule has 0 rings (SSSR count). The Morgan fingerprint density at radius 2 is 1.12 bits per heavy atom. The van der Waals surface area contributed by atoms with Gasteiger partial charge in [-0.25, -0.2) is 0 Å². The van der Waals surface area contributed by atoms with E-state index in [-0.39, 0.29) is 11.6 Å². The zero-order valence-electron chi connectivity index (χ0n) is 10.2. The summed E-state index contributed by atoms with van der Waals surface area (Å²) in [7, 11) is 2.78. The smallest absolute Gasteiger partial charge is 0.171 e. The molecular formula is C12H18O2S2. The summed E-state index contributed by atoms with van der Waals surface area (Å²) in [5, 5.41) is 0. The SMILES string of the molecule is C=CC(=O)C(C)(C)SSC(C)(C)C(=O)C=C. The van der Waals surface area contributed by atoms with Crippen LogP contribution in [-0.2, 0) is 9.59 Å². The van der Waals surface area contributed by atoms with Crippen LogP contribution in [0.1, 0.15) is 27.7 Å². The maximum Gasteiger partial charge on any atom is 0.171 e. The van der Waals surface area contributed by atoms with Gasteiger partial charge in [0.2, 0.25) is 0 Å². The Morgan fingerprint density at radius 3 is 1.31 bits per heavy atom. The molecule has 90 valence electrons. The van der Waals surface area contributed by atoms with Gasteiger partial charge in [0.15, 0.2) is 11.6 Å². The van der Waals surface area contributed by atoms with Gasteiger partial charge in [0.1, 0.15) is 0 Å². The van der Waals surface area contributed by atoms with Gasteiger partial charge in [-0.05, 0) is 39.8 Å². The first-order valence-electron chi connectivity index (χ1n) is 4.88. The third-order valence-electron chi connectivity index (χ3n) is 2.02. The topological polar surface area (TPSA) is 34.1 Å². The molecule has 0 amide bonds. The van der Waals surface area contributed by atoms with Crippen LogP contribution in [0.4, 0.5) is 0 Å². The van der Waals surface area contributed by atoms with Gasteiger partial charge in [-0.2, -0.15) is 0 Å². The minimum Gasteiger partial charge on any atom is -0.293 e. The molecule has 2 nitrogen and oxygen atoms in total. The van der Waals surface area contributed by atoms with Gasteiger partial charge in [-0.1, -0.05) is 34.7 Å². The summed E-state index contributed by atoms with van der Waals surface area (Å²) in [5.41, 5.74) is 0. The fourth-order valence-electron chi connectivity index (χ4n) is 0.782. The third kappa shape index (κ3) is 4.18. The molecule has 0 radical (unpaired) electrons. The molecule has 0 aliphatic heterocycles. The van der Waals surface area contributed by atoms with Crippen LogP contribution >= 0.6 is 21.6 Å². The summed E-state index contributed by atoms with van der Waals surface area (Å²) in [5.74, 6) is -0.0706. The second-order valence-corrected chi connectivity index (χ2v) is 7.70. The van der Waals surface area contributed by atoms with Gasteiger partial charge >= 0.3 is 0 Å². The Morgan fingerprint density at radius 1 is 0.875 bits per heavy atom. The molecule has 0 spiro atoms. The first-order valence-corrected chi connectivity index (χ1v) is 7.03. The Labute approximate surface area is 105 Å². The monoisotopic (exact) mass is 258 g/mol. The first kappa shape index (κ1) is 15.5. The van der Waals surface area contributed by atoms with Crippen LogP contribution in [-0.4, -0.2) is 21.1 Å². The molecule has 0 aromatic rings. The Hall–Kier alpha value is -0.480. The standard InChI is InChI=1S/C12H18O2S2/c1-7-9(13)11(3,4)15-16-12(5,6)10(14)8-2/h7-8H,1-2H2,3-6H3. The Kier molecular flexibility index (Phi) is 5.56. The number of carbonyl (C=O) groups excluding carboxylic acids is 2. The van der Waals surface area contributed by atoms with Gasteiger partial charge in [0, 0.05) is 0 Å². The summed E-state index contributed by atoms with van der Waals surface area (Å²) < 4.78 is -1.13. The number of hydrogen-bond acceptors (Lipinski definition) is 4. The number of ketones is 2. The van der Waals surface area contributed by atoms with Gasteiger partial charge in [-0.3, -0.25) is 9.59 Å². The molecule has 0 aromatic heterocycles. The van der Waals surface area contributed by atoms with Crippen molar-refractivity contribution in [2.24, 2.45) is 0 Å². The molecule has 0 fully saturated rings. The number of hydrogen-bond donors (Lipinski definition) is 0. The van der Waals surface area contributed by atoms with Crippen LogP contribution < -0.4 is 0 Å². The summed E-state index contributed by atoms with van der Waals surface area (Å²) in [4.78, 5) is 23.1. The lowest BCUT2D eigenvalue weighted by Gasteiger charge is -2.26. The van der Waals surface area contributed by atoms with Crippen LogP contribution in [0.15, 0.2) is 25.3 Å². The van der Waals surface area contributed by atoms with E-state index in [0.717, 1.165) is 0 Å². The van der Waals surface area contributed by atoms with E-state index in [1.54, 1.807) is 0 Å². The van der Waals surface area contributed by atoms with Gasteiger partial charge in [0.25, 0.3) is 0 Å². The van der Waals surface area contributed by atoms with E-state index in [1.165, 1.54) is 33.7 Å². The van der Waals surface area contributed by atoms with Crippen molar-refractivity contribution in [3.63, 3.8) is 0 Å². The fourth-order valence-corrected chi connectivity index (χ4v) is 3.27. The largest absolute Gasteiger partial charge is 0.293 e. The molecule has 0 atom stereocenters. The average Bonchev–Trinajstić information content (AvgIpc) is 2.24. The molecule has 0 aliphatic rings. The van der Waals surface area contributed by atoms with E-state index < -0.39 is 9.49 Å². The highest BCUT2D eigenvalue weighted by atomic mass is 33.1. The molecule has 0 saturated carbocycles. The predicted octanol–water partition coefficient (Wildman–Crippen LogP) is 3.44. The second-order valence-electron chi connectivity index (χ2n) is 4.32. The van der Waals surface area contributed by atoms with Gasteiger partial charge < -0.3 is 0 Å². The van der Waals surface area contributed by atoms with Gasteiger partial charge in [0.05, 0.1) is 9.49 Å². The van der Waals surface area contributed by atoms with E-state index >= 15 is 0 Å². The van der Waals surface area contributed by atoms with E-state index in [4.69, 9.17) is 0 Å². The van der Waals surface area contributed by atoms with E-state index in [2.05, 4.69) is 13.2 Å². The van der Waals surface area contributed by atoms with Crippen LogP contribution in [0.25, 0.3) is 0 Å². The first-order chi connectivity index (χ1) is 7.17. The molecule has 0 N–H and O–H groups in total. The second kappa shape index (κ2) is 5.73. The number of allylic oxidation sites excluding steroid dienone is 2. The summed E-state index contributed by atoms with van der Waals surface area (Å²) >= 11 is 0. The van der Waals surface area contributed by atoms with Gasteiger partial charge in [-0.15, -0.1) is 0 Å². The van der Waals surface area contributed by atoms with Crippen molar-refractivity contribution < 1.29 is 9.59 Å². The number of carbonyl (C=O) groups is 2. The minimum absolute atomic E-state index is 0.0353. The number of rotatable bonds is 7. The molecular weight excluding hydrogens is 240 g/mol. The Balaban J connectivity index is 4.56. The zero-order valence-corrected chi connectivity index (χ0v) is 11.8. The molecule has 0 heterocycles. The molecule has 16 heavy (non-hydrogen) atoms. The summed E-state index contributed by atoms with van der Waals surface area (Å²) in [6.45, 7) is 14.2. The van der Waals surface area contributed by atoms with Crippen LogP contribution in [0, 0.1) is 0 Å². The lowest BCUT2D eigenvalue weighted by Crippen LogP contribution is -2.29. The summed E-state index contributed by atoms with van der Waals surface area (Å²) in [6, 6.07) is 0. The third-order valence-corrected chi connectivity index (χ3v) is 6.08. The zero-order chi connectivity index (χ0) is 13.0. The Bertz CT molecular complexity index is 285. The van der Waals surface area contributed by atoms with E-state index in [1.807, 2.05) is 27.7 Å². The average molecular weight is 258 g/mol. The normalized spacial score (nSPS) is 12.0. The van der Waals surface area contributed by atoms with Crippen molar-refractivity contribution in [3.05, 3.63) is 25.3 Å². The molecule has 0 aromatic carbocycles. The maximum atomic E-state index is 11.5. The quantitative estimate of drug-likeness (QED) is 0.517. The molecule has 4 heteroatoms. The van der Waals surface area contributed by atoms with E-state index in [0.29, 0.717) is 0 Å². The lowest BCUT2D eigenvalue weighted by atomic mass is 10.1. The lowest BCUT2D eigenvalue weighted by molar-refractivity contribution is -0.116. The minimum atomic E-state index is -0.564. The van der Waals surface area contributed by atoms with Crippen molar-refractivity contribution in [1.82, 2.24) is 0 Å². The van der Waals surface area contributed by atoms with E-state index in [9.17, 15) is 9.59 Å². The summed E-state index contributed by atoms with van der Waals surface area (Å²) in [6.07, 6.45) is 2.63. The molecule has 0 bridgehead atoms. The van der Waals surface area contributed by atoms with Crippen LogP contribution in [0.3, 0.4) is 0 Å². The van der Waals surface area contributed by atoms with Crippen LogP contribution in [0.2, 0.25) is 0 Å². The maximum absolute atomic E-state index is 11.5. The highest BCUT2D eigenvalue weighted by molar-refractivity contribution is 8.78. The molecule has 0 unspecified atom stereocenters. The fraction of sp³-hybridized carbons (Fsp3) is 0.500. The van der Waals surface area contributed by atoms with Crippen molar-refractivity contribution in [1.29, 1.82) is 0 Å². The van der Waals surface area contributed by atoms with Crippen molar-refractivity contribution in [2.45, 2.75) is 37.2 Å². The van der Waals surface area contributed by atoms with Crippen molar-refractivity contribution >= 4 is 33.2 Å². The molecule has 0 aliphatic carbocycles. The predicted molar refractivity (Wildman–Crippen MR) is 73.7 cm³/mol. The van der Waals surface area contributed by atoms with Crippen molar-refractivity contribution in [2.75, 3.05) is 0 Å². The highest BCUT2D eigenvalue weighted by Gasteiger charge is 2.33. The van der Waals surface area contributed by atoms with Crippen LogP contribution in [0.5, 0.6) is 0 Å². The highest BCUT2D eigenvalue weighted by Crippen LogP contribution is 2.44. The van der Waals surface area contributed by atoms with Crippen molar-refractivity contribution in [3.8, 4) is 0 Å². The molecule has 0 saturated heterocycles.